The number of allylic oxidation sites excluding steroid dienone is 2. The fourth-order valence-corrected chi connectivity index (χ4v) is 4.31. The van der Waals surface area contributed by atoms with Gasteiger partial charge in [-0.1, -0.05) is 12.1 Å². The van der Waals surface area contributed by atoms with Crippen molar-refractivity contribution in [2.45, 2.75) is 25.4 Å². The average Bonchev–Trinajstić information content (AvgIpc) is 3.14. The molecule has 2 atom stereocenters. The Morgan fingerprint density at radius 3 is 3.00 bits per heavy atom. The lowest BCUT2D eigenvalue weighted by Crippen LogP contribution is -2.39. The second-order valence-electron chi connectivity index (χ2n) is 7.58. The highest BCUT2D eigenvalue weighted by Gasteiger charge is 2.29. The van der Waals surface area contributed by atoms with Gasteiger partial charge in [0.25, 0.3) is 0 Å². The van der Waals surface area contributed by atoms with Gasteiger partial charge < -0.3 is 10.1 Å². The molecule has 146 valence electrons. The maximum Gasteiger partial charge on any atom is 0.141 e. The van der Waals surface area contributed by atoms with Crippen LogP contribution in [0.25, 0.3) is 5.57 Å². The molecule has 0 amide bonds. The molecule has 6 heteroatoms. The highest BCUT2D eigenvalue weighted by atomic mass is 19.1. The van der Waals surface area contributed by atoms with Crippen LogP contribution >= 0.6 is 0 Å². The van der Waals surface area contributed by atoms with E-state index in [1.807, 2.05) is 30.4 Å². The van der Waals surface area contributed by atoms with E-state index in [0.29, 0.717) is 0 Å². The SMILES string of the molecule is CN1CC(C2=C(c3ccc(C#N)c(F)c3)CCC=C2CC2CNCCO2)C=N1. The number of rotatable bonds is 4. The monoisotopic (exact) mass is 380 g/mol. The Labute approximate surface area is 165 Å². The second-order valence-corrected chi connectivity index (χ2v) is 7.58. The summed E-state index contributed by atoms with van der Waals surface area (Å²) in [6.07, 6.45) is 7.09. The molecule has 1 aromatic rings. The van der Waals surface area contributed by atoms with Gasteiger partial charge >= 0.3 is 0 Å². The van der Waals surface area contributed by atoms with Gasteiger partial charge in [-0.05, 0) is 53.7 Å². The second kappa shape index (κ2) is 8.26. The Bertz CT molecular complexity index is 877. The Morgan fingerprint density at radius 1 is 1.43 bits per heavy atom. The van der Waals surface area contributed by atoms with Crippen LogP contribution in [0.15, 0.2) is 40.5 Å². The molecule has 1 aliphatic carbocycles. The predicted molar refractivity (Wildman–Crippen MR) is 107 cm³/mol. The lowest BCUT2D eigenvalue weighted by Gasteiger charge is -2.30. The number of benzene rings is 1. The predicted octanol–water partition coefficient (Wildman–Crippen LogP) is 3.10. The molecule has 1 aromatic carbocycles. The van der Waals surface area contributed by atoms with Crippen molar-refractivity contribution in [2.75, 3.05) is 33.3 Å². The minimum Gasteiger partial charge on any atom is -0.375 e. The zero-order valence-corrected chi connectivity index (χ0v) is 16.1. The first-order valence-electron chi connectivity index (χ1n) is 9.85. The summed E-state index contributed by atoms with van der Waals surface area (Å²) in [5, 5.41) is 18.8. The quantitative estimate of drug-likeness (QED) is 0.872. The standard InChI is InChI=1S/C22H25FN4O/c1-27-14-18(12-26-27)22-16(9-19-13-25-7-8-28-19)3-2-4-20(22)15-5-6-17(11-24)21(23)10-15/h3,5-6,10,12,18-19,25H,2,4,7-9,13-14H2,1H3. The van der Waals surface area contributed by atoms with Gasteiger partial charge in [0.2, 0.25) is 0 Å². The molecular weight excluding hydrogens is 355 g/mol. The number of hydrogen-bond donors (Lipinski definition) is 1. The maximum absolute atomic E-state index is 14.3. The first-order valence-corrected chi connectivity index (χ1v) is 9.85. The summed E-state index contributed by atoms with van der Waals surface area (Å²) in [4.78, 5) is 0. The smallest absolute Gasteiger partial charge is 0.141 e. The van der Waals surface area contributed by atoms with Crippen molar-refractivity contribution in [2.24, 2.45) is 11.0 Å². The number of hydrogen-bond acceptors (Lipinski definition) is 5. The van der Waals surface area contributed by atoms with Crippen LogP contribution in [0.4, 0.5) is 4.39 Å². The van der Waals surface area contributed by atoms with Crippen molar-refractivity contribution in [3.8, 4) is 6.07 Å². The molecular formula is C22H25FN4O. The van der Waals surface area contributed by atoms with Gasteiger partial charge in [0.15, 0.2) is 0 Å². The molecule has 0 spiro atoms. The summed E-state index contributed by atoms with van der Waals surface area (Å²) in [6.45, 7) is 3.30. The van der Waals surface area contributed by atoms with E-state index in [2.05, 4.69) is 16.5 Å². The maximum atomic E-state index is 14.3. The Kier molecular flexibility index (Phi) is 5.56. The van der Waals surface area contributed by atoms with Crippen LogP contribution in [0, 0.1) is 23.1 Å². The largest absolute Gasteiger partial charge is 0.375 e. The van der Waals surface area contributed by atoms with Crippen molar-refractivity contribution >= 4 is 11.8 Å². The topological polar surface area (TPSA) is 60.7 Å². The summed E-state index contributed by atoms with van der Waals surface area (Å²) >= 11 is 0. The lowest BCUT2D eigenvalue weighted by molar-refractivity contribution is 0.0294. The van der Waals surface area contributed by atoms with Gasteiger partial charge in [-0.25, -0.2) is 4.39 Å². The van der Waals surface area contributed by atoms with Gasteiger partial charge in [-0.15, -0.1) is 0 Å². The summed E-state index contributed by atoms with van der Waals surface area (Å²) < 4.78 is 20.3. The van der Waals surface area contributed by atoms with E-state index < -0.39 is 5.82 Å². The molecule has 0 aromatic heterocycles. The Hall–Kier alpha value is -2.49. The molecule has 1 fully saturated rings. The molecule has 0 bridgehead atoms. The summed E-state index contributed by atoms with van der Waals surface area (Å²) in [6, 6.07) is 6.86. The van der Waals surface area contributed by atoms with Crippen molar-refractivity contribution < 1.29 is 9.13 Å². The average molecular weight is 380 g/mol. The van der Waals surface area contributed by atoms with Crippen molar-refractivity contribution in [3.05, 3.63) is 52.4 Å². The van der Waals surface area contributed by atoms with Gasteiger partial charge in [0, 0.05) is 38.8 Å². The zero-order valence-electron chi connectivity index (χ0n) is 16.1. The van der Waals surface area contributed by atoms with Gasteiger partial charge in [-0.3, -0.25) is 5.01 Å². The van der Waals surface area contributed by atoms with Crippen LogP contribution in [-0.4, -0.2) is 50.6 Å². The molecule has 3 aliphatic rings. The number of nitriles is 1. The van der Waals surface area contributed by atoms with E-state index >= 15 is 0 Å². The van der Waals surface area contributed by atoms with Gasteiger partial charge in [0.05, 0.1) is 18.3 Å². The highest BCUT2D eigenvalue weighted by Crippen LogP contribution is 2.40. The summed E-state index contributed by atoms with van der Waals surface area (Å²) in [5.74, 6) is -0.276. The van der Waals surface area contributed by atoms with Crippen LogP contribution < -0.4 is 5.32 Å². The van der Waals surface area contributed by atoms with Gasteiger partial charge in [0.1, 0.15) is 11.9 Å². The first-order chi connectivity index (χ1) is 13.7. The summed E-state index contributed by atoms with van der Waals surface area (Å²) in [7, 11) is 1.97. The highest BCUT2D eigenvalue weighted by molar-refractivity contribution is 5.81. The minimum absolute atomic E-state index is 0.0846. The molecule has 2 unspecified atom stereocenters. The minimum atomic E-state index is -0.458. The normalized spacial score (nSPS) is 25.0. The van der Waals surface area contributed by atoms with E-state index in [0.717, 1.165) is 56.6 Å². The van der Waals surface area contributed by atoms with Crippen LogP contribution in [0.5, 0.6) is 0 Å². The number of ether oxygens (including phenoxy) is 1. The number of nitrogens with one attached hydrogen (secondary N) is 1. The number of halogens is 1. The fraction of sp³-hybridized carbons (Fsp3) is 0.455. The first kappa shape index (κ1) is 18.9. The van der Waals surface area contributed by atoms with E-state index in [-0.39, 0.29) is 17.6 Å². The molecule has 2 heterocycles. The van der Waals surface area contributed by atoms with Crippen LogP contribution in [0.3, 0.4) is 0 Å². The molecule has 0 saturated carbocycles. The molecule has 5 nitrogen and oxygen atoms in total. The molecule has 4 rings (SSSR count). The van der Waals surface area contributed by atoms with E-state index in [4.69, 9.17) is 10.00 Å². The number of hydrazone groups is 1. The third kappa shape index (κ3) is 3.87. The fourth-order valence-electron chi connectivity index (χ4n) is 4.31. The zero-order chi connectivity index (χ0) is 19.5. The van der Waals surface area contributed by atoms with Crippen LogP contribution in [0.1, 0.15) is 30.4 Å². The third-order valence-corrected chi connectivity index (χ3v) is 5.62. The Morgan fingerprint density at radius 2 is 2.32 bits per heavy atom. The number of nitrogens with zero attached hydrogens (tertiary/aromatic N) is 3. The Balaban J connectivity index is 1.72. The summed E-state index contributed by atoms with van der Waals surface area (Å²) in [5.41, 5.74) is 4.64. The molecule has 1 N–H and O–H groups in total. The molecule has 28 heavy (non-hydrogen) atoms. The van der Waals surface area contributed by atoms with Crippen molar-refractivity contribution in [1.29, 1.82) is 5.26 Å². The van der Waals surface area contributed by atoms with Crippen molar-refractivity contribution in [1.82, 2.24) is 10.3 Å². The van der Waals surface area contributed by atoms with E-state index in [9.17, 15) is 4.39 Å². The molecule has 2 aliphatic heterocycles. The molecule has 1 saturated heterocycles. The molecule has 0 radical (unpaired) electrons. The van der Waals surface area contributed by atoms with Crippen LogP contribution in [0.2, 0.25) is 0 Å². The number of morpholine rings is 1. The van der Waals surface area contributed by atoms with E-state index in [1.165, 1.54) is 17.2 Å². The third-order valence-electron chi connectivity index (χ3n) is 5.62. The lowest BCUT2D eigenvalue weighted by atomic mass is 9.78. The van der Waals surface area contributed by atoms with Crippen molar-refractivity contribution in [3.63, 3.8) is 0 Å². The van der Waals surface area contributed by atoms with Gasteiger partial charge in [-0.2, -0.15) is 10.4 Å². The van der Waals surface area contributed by atoms with Crippen LogP contribution in [-0.2, 0) is 4.74 Å². The van der Waals surface area contributed by atoms with E-state index in [1.54, 1.807) is 6.07 Å².